The van der Waals surface area contributed by atoms with Gasteiger partial charge in [-0.1, -0.05) is 45.7 Å². The minimum atomic E-state index is 0.310. The summed E-state index contributed by atoms with van der Waals surface area (Å²) in [6.07, 6.45) is 5.46. The number of nitrogens with zero attached hydrogens (tertiary/aromatic N) is 3. The standard InChI is InChI=1S/C17H33N5O/c1-13(2)9-6-7-11-19-17(18-5)20-12-8-10-15-21-16(14(3)4)22-23-15/h13-14H,6-12H2,1-5H3,(H2,18,19,20). The SMILES string of the molecule is CN=C(NCCCCC(C)C)NCCCc1nc(C(C)C)no1. The van der Waals surface area contributed by atoms with E-state index in [0.717, 1.165) is 43.6 Å². The first-order chi connectivity index (χ1) is 11.0. The fraction of sp³-hybridized carbons (Fsp3) is 0.824. The molecule has 1 aromatic heterocycles. The number of rotatable bonds is 10. The molecule has 0 radical (unpaired) electrons. The Balaban J connectivity index is 2.12. The molecule has 0 unspecified atom stereocenters. The number of aryl methyl sites for hydroxylation is 1. The van der Waals surface area contributed by atoms with Crippen LogP contribution in [0.5, 0.6) is 0 Å². The van der Waals surface area contributed by atoms with Crippen molar-refractivity contribution in [2.45, 2.75) is 65.7 Å². The third kappa shape index (κ3) is 8.57. The third-order valence-electron chi connectivity index (χ3n) is 3.58. The molecule has 0 amide bonds. The molecule has 0 aliphatic carbocycles. The summed E-state index contributed by atoms with van der Waals surface area (Å²) in [5.41, 5.74) is 0. The highest BCUT2D eigenvalue weighted by Gasteiger charge is 2.09. The summed E-state index contributed by atoms with van der Waals surface area (Å²) >= 11 is 0. The number of aromatic nitrogens is 2. The van der Waals surface area contributed by atoms with Gasteiger partial charge in [0.05, 0.1) is 0 Å². The maximum atomic E-state index is 5.24. The summed E-state index contributed by atoms with van der Waals surface area (Å²) in [4.78, 5) is 8.62. The monoisotopic (exact) mass is 323 g/mol. The molecule has 6 heteroatoms. The molecule has 0 saturated carbocycles. The van der Waals surface area contributed by atoms with Crippen LogP contribution in [-0.4, -0.2) is 36.2 Å². The summed E-state index contributed by atoms with van der Waals surface area (Å²) < 4.78 is 5.24. The molecular formula is C17H33N5O. The van der Waals surface area contributed by atoms with Crippen molar-refractivity contribution in [1.82, 2.24) is 20.8 Å². The Kier molecular flexibility index (Phi) is 9.33. The van der Waals surface area contributed by atoms with Gasteiger partial charge in [0.1, 0.15) is 0 Å². The minimum Gasteiger partial charge on any atom is -0.356 e. The first-order valence-corrected chi connectivity index (χ1v) is 8.80. The van der Waals surface area contributed by atoms with Gasteiger partial charge >= 0.3 is 0 Å². The topological polar surface area (TPSA) is 75.3 Å². The van der Waals surface area contributed by atoms with E-state index in [1.165, 1.54) is 19.3 Å². The molecule has 23 heavy (non-hydrogen) atoms. The minimum absolute atomic E-state index is 0.310. The van der Waals surface area contributed by atoms with Gasteiger partial charge in [-0.15, -0.1) is 0 Å². The first-order valence-electron chi connectivity index (χ1n) is 8.80. The maximum Gasteiger partial charge on any atom is 0.226 e. The molecule has 1 rings (SSSR count). The van der Waals surface area contributed by atoms with E-state index in [-0.39, 0.29) is 0 Å². The predicted molar refractivity (Wildman–Crippen MR) is 94.8 cm³/mol. The molecular weight excluding hydrogens is 290 g/mol. The van der Waals surface area contributed by atoms with Gasteiger partial charge in [-0.05, 0) is 18.8 Å². The van der Waals surface area contributed by atoms with Crippen molar-refractivity contribution >= 4 is 5.96 Å². The van der Waals surface area contributed by atoms with Gasteiger partial charge in [-0.25, -0.2) is 0 Å². The Morgan fingerprint density at radius 3 is 2.35 bits per heavy atom. The quantitative estimate of drug-likeness (QED) is 0.393. The van der Waals surface area contributed by atoms with Gasteiger partial charge in [0.25, 0.3) is 0 Å². The number of unbranched alkanes of at least 4 members (excludes halogenated alkanes) is 1. The van der Waals surface area contributed by atoms with Gasteiger partial charge in [-0.2, -0.15) is 4.98 Å². The zero-order valence-corrected chi connectivity index (χ0v) is 15.4. The second-order valence-electron chi connectivity index (χ2n) is 6.62. The molecule has 0 fully saturated rings. The smallest absolute Gasteiger partial charge is 0.226 e. The van der Waals surface area contributed by atoms with Crippen LogP contribution in [-0.2, 0) is 6.42 Å². The van der Waals surface area contributed by atoms with Crippen LogP contribution in [0.2, 0.25) is 0 Å². The highest BCUT2D eigenvalue weighted by molar-refractivity contribution is 5.79. The second-order valence-corrected chi connectivity index (χ2v) is 6.62. The van der Waals surface area contributed by atoms with Crippen LogP contribution < -0.4 is 10.6 Å². The first kappa shape index (κ1) is 19.5. The highest BCUT2D eigenvalue weighted by Crippen LogP contribution is 2.10. The van der Waals surface area contributed by atoms with Crippen molar-refractivity contribution < 1.29 is 4.52 Å². The molecule has 0 aromatic carbocycles. The summed E-state index contributed by atoms with van der Waals surface area (Å²) in [5, 5.41) is 10.6. The Morgan fingerprint density at radius 2 is 1.78 bits per heavy atom. The van der Waals surface area contributed by atoms with E-state index in [4.69, 9.17) is 4.52 Å². The highest BCUT2D eigenvalue weighted by atomic mass is 16.5. The van der Waals surface area contributed by atoms with Gasteiger partial charge in [0.2, 0.25) is 5.89 Å². The number of guanidine groups is 1. The van der Waals surface area contributed by atoms with Crippen molar-refractivity contribution in [1.29, 1.82) is 0 Å². The summed E-state index contributed by atoms with van der Waals surface area (Å²) in [6, 6.07) is 0. The van der Waals surface area contributed by atoms with Crippen molar-refractivity contribution in [3.05, 3.63) is 11.7 Å². The molecule has 132 valence electrons. The Bertz CT molecular complexity index is 454. The third-order valence-corrected chi connectivity index (χ3v) is 3.58. The molecule has 0 aliphatic rings. The number of nitrogens with one attached hydrogen (secondary N) is 2. The molecule has 1 heterocycles. The lowest BCUT2D eigenvalue weighted by Gasteiger charge is -2.11. The van der Waals surface area contributed by atoms with Crippen LogP contribution in [0.1, 0.15) is 71.0 Å². The largest absolute Gasteiger partial charge is 0.356 e. The van der Waals surface area contributed by atoms with Crippen molar-refractivity contribution in [2.75, 3.05) is 20.1 Å². The lowest BCUT2D eigenvalue weighted by molar-refractivity contribution is 0.368. The fourth-order valence-corrected chi connectivity index (χ4v) is 2.16. The zero-order chi connectivity index (χ0) is 17.1. The molecule has 0 atom stereocenters. The van der Waals surface area contributed by atoms with Crippen molar-refractivity contribution in [3.63, 3.8) is 0 Å². The van der Waals surface area contributed by atoms with Gasteiger partial charge in [0, 0.05) is 32.5 Å². The molecule has 0 spiro atoms. The zero-order valence-electron chi connectivity index (χ0n) is 15.4. The molecule has 0 saturated heterocycles. The van der Waals surface area contributed by atoms with Crippen LogP contribution in [0, 0.1) is 5.92 Å². The van der Waals surface area contributed by atoms with Crippen molar-refractivity contribution in [3.8, 4) is 0 Å². The summed E-state index contributed by atoms with van der Waals surface area (Å²) in [7, 11) is 1.80. The lowest BCUT2D eigenvalue weighted by atomic mass is 10.1. The molecule has 2 N–H and O–H groups in total. The van der Waals surface area contributed by atoms with Crippen LogP contribution >= 0.6 is 0 Å². The van der Waals surface area contributed by atoms with E-state index in [2.05, 4.69) is 53.5 Å². The van der Waals surface area contributed by atoms with E-state index >= 15 is 0 Å². The van der Waals surface area contributed by atoms with Crippen LogP contribution in [0.15, 0.2) is 9.52 Å². The Morgan fingerprint density at radius 1 is 1.09 bits per heavy atom. The average Bonchev–Trinajstić information content (AvgIpc) is 2.98. The number of hydrogen-bond donors (Lipinski definition) is 2. The second kappa shape index (κ2) is 11.0. The van der Waals surface area contributed by atoms with E-state index in [9.17, 15) is 0 Å². The summed E-state index contributed by atoms with van der Waals surface area (Å²) in [5.74, 6) is 3.46. The predicted octanol–water partition coefficient (Wildman–Crippen LogP) is 3.12. The Labute approximate surface area is 140 Å². The molecule has 0 bridgehead atoms. The van der Waals surface area contributed by atoms with E-state index in [0.29, 0.717) is 11.8 Å². The normalized spacial score (nSPS) is 12.2. The van der Waals surface area contributed by atoms with E-state index in [1.54, 1.807) is 7.05 Å². The van der Waals surface area contributed by atoms with Crippen LogP contribution in [0.3, 0.4) is 0 Å². The number of aliphatic imine (C=N–C) groups is 1. The van der Waals surface area contributed by atoms with E-state index < -0.39 is 0 Å². The number of hydrogen-bond acceptors (Lipinski definition) is 4. The molecule has 6 nitrogen and oxygen atoms in total. The average molecular weight is 323 g/mol. The maximum absolute atomic E-state index is 5.24. The summed E-state index contributed by atoms with van der Waals surface area (Å²) in [6.45, 7) is 10.5. The van der Waals surface area contributed by atoms with Crippen LogP contribution in [0.25, 0.3) is 0 Å². The van der Waals surface area contributed by atoms with Crippen LogP contribution in [0.4, 0.5) is 0 Å². The Hall–Kier alpha value is -1.59. The van der Waals surface area contributed by atoms with Gasteiger partial charge in [0.15, 0.2) is 11.8 Å². The molecule has 1 aromatic rings. The lowest BCUT2D eigenvalue weighted by Crippen LogP contribution is -2.38. The van der Waals surface area contributed by atoms with Gasteiger partial charge < -0.3 is 15.2 Å². The van der Waals surface area contributed by atoms with Gasteiger partial charge in [-0.3, -0.25) is 4.99 Å². The fourth-order valence-electron chi connectivity index (χ4n) is 2.16. The van der Waals surface area contributed by atoms with Crippen molar-refractivity contribution in [2.24, 2.45) is 10.9 Å². The molecule has 0 aliphatic heterocycles. The van der Waals surface area contributed by atoms with E-state index in [1.807, 2.05) is 0 Å².